The molecule has 1 amide bonds. The second-order valence-corrected chi connectivity index (χ2v) is 4.32. The molecule has 0 aliphatic carbocycles. The van der Waals surface area contributed by atoms with Gasteiger partial charge < -0.3 is 15.8 Å². The van der Waals surface area contributed by atoms with Gasteiger partial charge in [0.1, 0.15) is 12.4 Å². The molecule has 0 atom stereocenters. The molecule has 0 heterocycles. The van der Waals surface area contributed by atoms with Gasteiger partial charge in [0.15, 0.2) is 0 Å². The number of hydrogen-bond acceptors (Lipinski definition) is 3. The van der Waals surface area contributed by atoms with Gasteiger partial charge >= 0.3 is 0 Å². The van der Waals surface area contributed by atoms with Gasteiger partial charge in [0.05, 0.1) is 6.54 Å². The molecule has 0 fully saturated rings. The van der Waals surface area contributed by atoms with Crippen molar-refractivity contribution in [2.45, 2.75) is 6.92 Å². The largest absolute Gasteiger partial charge is 0.492 e. The van der Waals surface area contributed by atoms with Crippen molar-refractivity contribution in [2.75, 3.05) is 19.7 Å². The lowest BCUT2D eigenvalue weighted by Crippen LogP contribution is -2.31. The molecule has 0 radical (unpaired) electrons. The average molecular weight is 287 g/mol. The molecule has 0 aliphatic heterocycles. The molecule has 4 nitrogen and oxygen atoms in total. The summed E-state index contributed by atoms with van der Waals surface area (Å²) in [6.45, 7) is 3.27. The quantitative estimate of drug-likeness (QED) is 0.773. The molecular formula is C11H15BrN2O2. The third-order valence-corrected chi connectivity index (χ3v) is 2.47. The summed E-state index contributed by atoms with van der Waals surface area (Å²) in [7, 11) is 0. The molecule has 0 saturated carbocycles. The van der Waals surface area contributed by atoms with E-state index in [4.69, 9.17) is 10.5 Å². The Kier molecular flexibility index (Phi) is 5.28. The van der Waals surface area contributed by atoms with Crippen LogP contribution in [0.2, 0.25) is 0 Å². The highest BCUT2D eigenvalue weighted by molar-refractivity contribution is 9.10. The van der Waals surface area contributed by atoms with Crippen LogP contribution in [0.15, 0.2) is 22.7 Å². The molecule has 1 aromatic rings. The lowest BCUT2D eigenvalue weighted by molar-refractivity contribution is -0.117. The van der Waals surface area contributed by atoms with Crippen LogP contribution in [-0.4, -0.2) is 25.6 Å². The van der Waals surface area contributed by atoms with Crippen LogP contribution in [0.3, 0.4) is 0 Å². The van der Waals surface area contributed by atoms with E-state index in [2.05, 4.69) is 21.2 Å². The summed E-state index contributed by atoms with van der Waals surface area (Å²) in [5, 5.41) is 2.88. The maximum Gasteiger partial charge on any atom is 0.231 e. The zero-order valence-electron chi connectivity index (χ0n) is 9.13. The standard InChI is InChI=1S/C11H15BrN2O2/c1-8-6-9(12)2-3-10(8)16-5-4-14-7-11(13)15/h2-3,6,14H,4-5,7H2,1H3,(H2,13,15). The molecular weight excluding hydrogens is 272 g/mol. The molecule has 0 bridgehead atoms. The normalized spacial score (nSPS) is 10.1. The number of benzene rings is 1. The summed E-state index contributed by atoms with van der Waals surface area (Å²) in [5.41, 5.74) is 6.05. The lowest BCUT2D eigenvalue weighted by atomic mass is 10.2. The second kappa shape index (κ2) is 6.50. The predicted molar refractivity (Wildman–Crippen MR) is 66.4 cm³/mol. The first-order valence-electron chi connectivity index (χ1n) is 4.97. The van der Waals surface area contributed by atoms with E-state index >= 15 is 0 Å². The van der Waals surface area contributed by atoms with Gasteiger partial charge in [0, 0.05) is 11.0 Å². The summed E-state index contributed by atoms with van der Waals surface area (Å²) in [5.74, 6) is 0.490. The van der Waals surface area contributed by atoms with Gasteiger partial charge in [-0.2, -0.15) is 0 Å². The number of halogens is 1. The fourth-order valence-electron chi connectivity index (χ4n) is 1.22. The van der Waals surface area contributed by atoms with Crippen molar-refractivity contribution in [3.05, 3.63) is 28.2 Å². The summed E-state index contributed by atoms with van der Waals surface area (Å²) >= 11 is 3.39. The Bertz CT molecular complexity index is 369. The zero-order chi connectivity index (χ0) is 12.0. The number of carbonyl (C=O) groups is 1. The Balaban J connectivity index is 2.29. The van der Waals surface area contributed by atoms with E-state index in [0.29, 0.717) is 13.2 Å². The molecule has 0 aliphatic rings. The third-order valence-electron chi connectivity index (χ3n) is 1.97. The molecule has 0 spiro atoms. The number of amides is 1. The van der Waals surface area contributed by atoms with Crippen LogP contribution in [0.1, 0.15) is 5.56 Å². The predicted octanol–water partition coefficient (Wildman–Crippen LogP) is 1.21. The number of nitrogens with one attached hydrogen (secondary N) is 1. The summed E-state index contributed by atoms with van der Waals surface area (Å²) in [4.78, 5) is 10.4. The van der Waals surface area contributed by atoms with E-state index in [1.54, 1.807) is 0 Å². The summed E-state index contributed by atoms with van der Waals surface area (Å²) in [6.07, 6.45) is 0. The van der Waals surface area contributed by atoms with Crippen molar-refractivity contribution >= 4 is 21.8 Å². The SMILES string of the molecule is Cc1cc(Br)ccc1OCCNCC(N)=O. The number of carbonyl (C=O) groups excluding carboxylic acids is 1. The van der Waals surface area contributed by atoms with E-state index in [9.17, 15) is 4.79 Å². The minimum Gasteiger partial charge on any atom is -0.492 e. The van der Waals surface area contributed by atoms with Crippen molar-refractivity contribution in [1.29, 1.82) is 0 Å². The average Bonchev–Trinajstić information content (AvgIpc) is 2.20. The first-order chi connectivity index (χ1) is 7.59. The third kappa shape index (κ3) is 4.63. The number of rotatable bonds is 6. The number of hydrogen-bond donors (Lipinski definition) is 2. The van der Waals surface area contributed by atoms with Gasteiger partial charge in [-0.15, -0.1) is 0 Å². The Morgan fingerprint density at radius 2 is 2.31 bits per heavy atom. The number of aryl methyl sites for hydroxylation is 1. The highest BCUT2D eigenvalue weighted by atomic mass is 79.9. The van der Waals surface area contributed by atoms with Gasteiger partial charge in [-0.1, -0.05) is 15.9 Å². The first kappa shape index (κ1) is 13.0. The minimum absolute atomic E-state index is 0.183. The molecule has 0 unspecified atom stereocenters. The molecule has 0 aromatic heterocycles. The van der Waals surface area contributed by atoms with E-state index in [0.717, 1.165) is 15.8 Å². The zero-order valence-corrected chi connectivity index (χ0v) is 10.7. The van der Waals surface area contributed by atoms with E-state index in [1.807, 2.05) is 25.1 Å². The topological polar surface area (TPSA) is 64.3 Å². The molecule has 5 heteroatoms. The lowest BCUT2D eigenvalue weighted by Gasteiger charge is -2.09. The van der Waals surface area contributed by atoms with Gasteiger partial charge in [-0.05, 0) is 30.7 Å². The van der Waals surface area contributed by atoms with Crippen LogP contribution < -0.4 is 15.8 Å². The highest BCUT2D eigenvalue weighted by Crippen LogP contribution is 2.21. The smallest absolute Gasteiger partial charge is 0.231 e. The van der Waals surface area contributed by atoms with Crippen LogP contribution in [0.4, 0.5) is 0 Å². The van der Waals surface area contributed by atoms with E-state index in [-0.39, 0.29) is 12.5 Å². The fraction of sp³-hybridized carbons (Fsp3) is 0.364. The Morgan fingerprint density at radius 1 is 1.56 bits per heavy atom. The number of nitrogens with two attached hydrogens (primary N) is 1. The molecule has 1 aromatic carbocycles. The van der Waals surface area contributed by atoms with Gasteiger partial charge in [-0.25, -0.2) is 0 Å². The van der Waals surface area contributed by atoms with E-state index < -0.39 is 0 Å². The highest BCUT2D eigenvalue weighted by Gasteiger charge is 1.99. The molecule has 16 heavy (non-hydrogen) atoms. The minimum atomic E-state index is -0.361. The van der Waals surface area contributed by atoms with Crippen molar-refractivity contribution in [2.24, 2.45) is 5.73 Å². The van der Waals surface area contributed by atoms with Crippen LogP contribution in [0.25, 0.3) is 0 Å². The van der Waals surface area contributed by atoms with Crippen molar-refractivity contribution in [1.82, 2.24) is 5.32 Å². The summed E-state index contributed by atoms with van der Waals surface area (Å²) < 4.78 is 6.57. The van der Waals surface area contributed by atoms with Crippen LogP contribution in [0, 0.1) is 6.92 Å². The molecule has 1 rings (SSSR count). The Morgan fingerprint density at radius 3 is 2.94 bits per heavy atom. The first-order valence-corrected chi connectivity index (χ1v) is 5.77. The van der Waals surface area contributed by atoms with Gasteiger partial charge in [0.25, 0.3) is 0 Å². The van der Waals surface area contributed by atoms with Gasteiger partial charge in [-0.3, -0.25) is 4.79 Å². The number of primary amides is 1. The van der Waals surface area contributed by atoms with Crippen molar-refractivity contribution < 1.29 is 9.53 Å². The van der Waals surface area contributed by atoms with E-state index in [1.165, 1.54) is 0 Å². The van der Waals surface area contributed by atoms with Crippen molar-refractivity contribution in [3.63, 3.8) is 0 Å². The van der Waals surface area contributed by atoms with Crippen LogP contribution in [0.5, 0.6) is 5.75 Å². The molecule has 88 valence electrons. The monoisotopic (exact) mass is 286 g/mol. The Hall–Kier alpha value is -1.07. The molecule has 3 N–H and O–H groups in total. The molecule has 0 saturated heterocycles. The van der Waals surface area contributed by atoms with Gasteiger partial charge in [0.2, 0.25) is 5.91 Å². The Labute approximate surface area is 103 Å². The van der Waals surface area contributed by atoms with Crippen molar-refractivity contribution in [3.8, 4) is 5.75 Å². The summed E-state index contributed by atoms with van der Waals surface area (Å²) in [6, 6.07) is 5.83. The second-order valence-electron chi connectivity index (χ2n) is 3.40. The fourth-order valence-corrected chi connectivity index (χ4v) is 1.70. The maximum atomic E-state index is 10.4. The number of ether oxygens (including phenoxy) is 1. The maximum absolute atomic E-state index is 10.4. The van der Waals surface area contributed by atoms with Crippen LogP contribution >= 0.6 is 15.9 Å². The van der Waals surface area contributed by atoms with Crippen LogP contribution in [-0.2, 0) is 4.79 Å².